The molecule has 27 heavy (non-hydrogen) atoms. The Morgan fingerprint density at radius 2 is 1.70 bits per heavy atom. The molecule has 2 fully saturated rings. The zero-order valence-electron chi connectivity index (χ0n) is 15.6. The average molecular weight is 368 g/mol. The minimum Gasteiger partial charge on any atom is -0.491 e. The zero-order valence-corrected chi connectivity index (χ0v) is 15.6. The van der Waals surface area contributed by atoms with Gasteiger partial charge in [-0.3, -0.25) is 19.3 Å². The number of carbonyl (C=O) groups excluding carboxylic acids is 3. The van der Waals surface area contributed by atoms with Crippen LogP contribution >= 0.6 is 0 Å². The van der Waals surface area contributed by atoms with Gasteiger partial charge in [0, 0.05) is 0 Å². The largest absolute Gasteiger partial charge is 0.491 e. The maximum absolute atomic E-state index is 12.6. The minimum absolute atomic E-state index is 0.162. The van der Waals surface area contributed by atoms with Crippen LogP contribution < -0.4 is 10.1 Å². The summed E-state index contributed by atoms with van der Waals surface area (Å²) >= 11 is 0. The van der Waals surface area contributed by atoms with Crippen molar-refractivity contribution in [3.05, 3.63) is 41.5 Å². The van der Waals surface area contributed by atoms with E-state index in [2.05, 4.69) is 5.32 Å². The van der Waals surface area contributed by atoms with Gasteiger partial charge in [-0.1, -0.05) is 30.4 Å². The third-order valence-corrected chi connectivity index (χ3v) is 5.94. The fourth-order valence-electron chi connectivity index (χ4n) is 4.69. The van der Waals surface area contributed by atoms with Gasteiger partial charge in [0.2, 0.25) is 17.7 Å². The Kier molecular flexibility index (Phi) is 4.50. The topological polar surface area (TPSA) is 75.7 Å². The van der Waals surface area contributed by atoms with Crippen molar-refractivity contribution in [2.75, 3.05) is 19.7 Å². The molecular formula is C21H24N2O4. The molecular weight excluding hydrogens is 344 g/mol. The SMILES string of the molecule is Cc1cccc(C)c1OCCNC(=O)CN1C(=O)C2C3C=CC(C3)C2C1=O. The number of benzene rings is 1. The smallest absolute Gasteiger partial charge is 0.240 e. The van der Waals surface area contributed by atoms with Gasteiger partial charge >= 0.3 is 0 Å². The number of hydrogen-bond acceptors (Lipinski definition) is 4. The van der Waals surface area contributed by atoms with E-state index in [0.29, 0.717) is 13.2 Å². The first-order valence-electron chi connectivity index (χ1n) is 9.46. The normalized spacial score (nSPS) is 28.0. The first-order chi connectivity index (χ1) is 13.0. The standard InChI is InChI=1S/C21H24N2O4/c1-12-4-3-5-13(2)19(12)27-9-8-22-16(24)11-23-20(25)17-14-6-7-15(10-14)18(17)21(23)26/h3-7,14-15,17-18H,8-11H2,1-2H3,(H,22,24). The second-order valence-electron chi connectivity index (χ2n) is 7.68. The lowest BCUT2D eigenvalue weighted by Gasteiger charge is -2.17. The van der Waals surface area contributed by atoms with Gasteiger partial charge in [-0.15, -0.1) is 0 Å². The number of nitrogens with zero attached hydrogens (tertiary/aromatic N) is 1. The Hall–Kier alpha value is -2.63. The average Bonchev–Trinajstić information content (AvgIpc) is 3.31. The van der Waals surface area contributed by atoms with Gasteiger partial charge in [0.05, 0.1) is 18.4 Å². The predicted molar refractivity (Wildman–Crippen MR) is 98.9 cm³/mol. The van der Waals surface area contributed by atoms with Crippen molar-refractivity contribution >= 4 is 17.7 Å². The molecule has 0 spiro atoms. The van der Waals surface area contributed by atoms with Gasteiger partial charge in [0.1, 0.15) is 18.9 Å². The van der Waals surface area contributed by atoms with E-state index in [-0.39, 0.29) is 47.9 Å². The van der Waals surface area contributed by atoms with E-state index < -0.39 is 0 Å². The highest BCUT2D eigenvalue weighted by Gasteiger charge is 2.59. The third-order valence-electron chi connectivity index (χ3n) is 5.94. The van der Waals surface area contributed by atoms with Crippen molar-refractivity contribution < 1.29 is 19.1 Å². The first-order valence-corrected chi connectivity index (χ1v) is 9.46. The Morgan fingerprint density at radius 1 is 1.11 bits per heavy atom. The van der Waals surface area contributed by atoms with Crippen LogP contribution in [-0.2, 0) is 14.4 Å². The number of likely N-dealkylation sites (tertiary alicyclic amines) is 1. The van der Waals surface area contributed by atoms with Crippen LogP contribution in [0, 0.1) is 37.5 Å². The highest BCUT2D eigenvalue weighted by molar-refractivity contribution is 6.08. The molecule has 1 aromatic carbocycles. The fraction of sp³-hybridized carbons (Fsp3) is 0.476. The highest BCUT2D eigenvalue weighted by atomic mass is 16.5. The summed E-state index contributed by atoms with van der Waals surface area (Å²) in [5, 5.41) is 2.74. The van der Waals surface area contributed by atoms with Crippen LogP contribution in [0.25, 0.3) is 0 Å². The van der Waals surface area contributed by atoms with Crippen molar-refractivity contribution in [1.82, 2.24) is 10.2 Å². The molecule has 1 saturated heterocycles. The fourth-order valence-corrected chi connectivity index (χ4v) is 4.69. The molecule has 1 N–H and O–H groups in total. The molecule has 2 bridgehead atoms. The van der Waals surface area contributed by atoms with Crippen molar-refractivity contribution in [1.29, 1.82) is 0 Å². The van der Waals surface area contributed by atoms with Gasteiger partial charge in [-0.2, -0.15) is 0 Å². The summed E-state index contributed by atoms with van der Waals surface area (Å²) in [7, 11) is 0. The van der Waals surface area contributed by atoms with E-state index in [1.165, 1.54) is 0 Å². The molecule has 4 atom stereocenters. The Bertz CT molecular complexity index is 781. The molecule has 1 saturated carbocycles. The molecule has 3 aliphatic rings. The van der Waals surface area contributed by atoms with Crippen LogP contribution in [0.5, 0.6) is 5.75 Å². The number of aryl methyl sites for hydroxylation is 2. The molecule has 142 valence electrons. The molecule has 4 rings (SSSR count). The van der Waals surface area contributed by atoms with E-state index in [4.69, 9.17) is 4.74 Å². The van der Waals surface area contributed by atoms with Crippen molar-refractivity contribution in [3.8, 4) is 5.75 Å². The number of para-hydroxylation sites is 1. The maximum atomic E-state index is 12.6. The van der Waals surface area contributed by atoms with Gasteiger partial charge in [0.25, 0.3) is 0 Å². The number of ether oxygens (including phenoxy) is 1. The predicted octanol–water partition coefficient (Wildman–Crippen LogP) is 1.61. The lowest BCUT2D eigenvalue weighted by Crippen LogP contribution is -2.42. The van der Waals surface area contributed by atoms with E-state index in [1.807, 2.05) is 44.2 Å². The molecule has 4 unspecified atom stereocenters. The molecule has 1 aromatic rings. The lowest BCUT2D eigenvalue weighted by atomic mass is 9.85. The molecule has 3 amide bonds. The highest BCUT2D eigenvalue weighted by Crippen LogP contribution is 2.52. The maximum Gasteiger partial charge on any atom is 0.240 e. The summed E-state index contributed by atoms with van der Waals surface area (Å²) in [5.74, 6) is -0.0760. The van der Waals surface area contributed by atoms with Gasteiger partial charge < -0.3 is 10.1 Å². The minimum atomic E-state index is -0.331. The number of amides is 3. The Balaban J connectivity index is 1.27. The zero-order chi connectivity index (χ0) is 19.1. The van der Waals surface area contributed by atoms with Crippen LogP contribution in [0.1, 0.15) is 17.5 Å². The van der Waals surface area contributed by atoms with Gasteiger partial charge in [-0.25, -0.2) is 0 Å². The molecule has 2 aliphatic carbocycles. The molecule has 0 radical (unpaired) electrons. The van der Waals surface area contributed by atoms with Crippen LogP contribution in [0.15, 0.2) is 30.4 Å². The Labute approximate surface area is 158 Å². The number of carbonyl (C=O) groups is 3. The number of allylic oxidation sites excluding steroid dienone is 2. The summed E-state index contributed by atoms with van der Waals surface area (Å²) in [4.78, 5) is 38.5. The first kappa shape index (κ1) is 17.8. The van der Waals surface area contributed by atoms with Crippen molar-refractivity contribution in [3.63, 3.8) is 0 Å². The summed E-state index contributed by atoms with van der Waals surface area (Å²) in [5.41, 5.74) is 2.09. The van der Waals surface area contributed by atoms with Crippen LogP contribution in [0.3, 0.4) is 0 Å². The number of nitrogens with one attached hydrogen (secondary N) is 1. The van der Waals surface area contributed by atoms with E-state index in [9.17, 15) is 14.4 Å². The second kappa shape index (κ2) is 6.83. The molecule has 6 nitrogen and oxygen atoms in total. The number of imide groups is 1. The van der Waals surface area contributed by atoms with Crippen LogP contribution in [0.2, 0.25) is 0 Å². The quantitative estimate of drug-likeness (QED) is 0.470. The summed E-state index contributed by atoms with van der Waals surface area (Å²) in [6.45, 7) is 4.41. The number of fused-ring (bicyclic) bond motifs is 5. The molecule has 6 heteroatoms. The summed E-state index contributed by atoms with van der Waals surface area (Å²) in [6.07, 6.45) is 4.99. The van der Waals surface area contributed by atoms with E-state index >= 15 is 0 Å². The molecule has 1 aliphatic heterocycles. The van der Waals surface area contributed by atoms with Crippen LogP contribution in [-0.4, -0.2) is 42.3 Å². The number of rotatable bonds is 6. The lowest BCUT2D eigenvalue weighted by molar-refractivity contribution is -0.144. The third kappa shape index (κ3) is 3.03. The van der Waals surface area contributed by atoms with E-state index in [0.717, 1.165) is 28.2 Å². The second-order valence-corrected chi connectivity index (χ2v) is 7.68. The molecule has 0 aromatic heterocycles. The van der Waals surface area contributed by atoms with Crippen LogP contribution in [0.4, 0.5) is 0 Å². The van der Waals surface area contributed by atoms with Gasteiger partial charge in [0.15, 0.2) is 0 Å². The summed E-state index contributed by atoms with van der Waals surface area (Å²) in [6, 6.07) is 5.93. The van der Waals surface area contributed by atoms with Crippen molar-refractivity contribution in [2.45, 2.75) is 20.3 Å². The summed E-state index contributed by atoms with van der Waals surface area (Å²) < 4.78 is 5.76. The van der Waals surface area contributed by atoms with Crippen molar-refractivity contribution in [2.24, 2.45) is 23.7 Å². The monoisotopic (exact) mass is 368 g/mol. The van der Waals surface area contributed by atoms with Gasteiger partial charge in [-0.05, 0) is 43.2 Å². The number of hydrogen-bond donors (Lipinski definition) is 1. The molecule has 1 heterocycles. The Morgan fingerprint density at radius 3 is 2.30 bits per heavy atom. The van der Waals surface area contributed by atoms with E-state index in [1.54, 1.807) is 0 Å².